The Hall–Kier alpha value is -2.76. The van der Waals surface area contributed by atoms with Crippen molar-refractivity contribution in [1.29, 1.82) is 0 Å². The fourth-order valence-corrected chi connectivity index (χ4v) is 4.07. The summed E-state index contributed by atoms with van der Waals surface area (Å²) in [5.74, 6) is 0.184. The van der Waals surface area contributed by atoms with Gasteiger partial charge in [-0.05, 0) is 61.3 Å². The van der Waals surface area contributed by atoms with Crippen molar-refractivity contribution in [2.75, 3.05) is 6.54 Å². The lowest BCUT2D eigenvalue weighted by molar-refractivity contribution is -0.121. The average Bonchev–Trinajstić information content (AvgIpc) is 2.73. The highest BCUT2D eigenvalue weighted by molar-refractivity contribution is 5.78. The predicted octanol–water partition coefficient (Wildman–Crippen LogP) is 3.56. The summed E-state index contributed by atoms with van der Waals surface area (Å²) >= 11 is 0. The van der Waals surface area contributed by atoms with Crippen LogP contribution in [-0.2, 0) is 16.0 Å². The maximum atomic E-state index is 13.7. The van der Waals surface area contributed by atoms with Crippen LogP contribution in [0.2, 0.25) is 0 Å². The number of rotatable bonds is 7. The molecule has 0 aliphatic heterocycles. The second-order valence-corrected chi connectivity index (χ2v) is 7.79. The first-order valence-electron chi connectivity index (χ1n) is 10.2. The summed E-state index contributed by atoms with van der Waals surface area (Å²) < 4.78 is 13.7. The number of hydrogen-bond donors (Lipinski definition) is 2. The molecule has 0 spiro atoms. The Morgan fingerprint density at radius 3 is 2.48 bits per heavy atom. The summed E-state index contributed by atoms with van der Waals surface area (Å²) in [6, 6.07) is 12.1. The molecule has 154 valence electrons. The first-order valence-corrected chi connectivity index (χ1v) is 10.2. The molecule has 2 N–H and O–H groups in total. The summed E-state index contributed by atoms with van der Waals surface area (Å²) in [7, 11) is 0. The minimum atomic E-state index is -0.346. The summed E-state index contributed by atoms with van der Waals surface area (Å²) in [4.78, 5) is 28.3. The van der Waals surface area contributed by atoms with E-state index < -0.39 is 0 Å². The second kappa shape index (κ2) is 10.1. The van der Waals surface area contributed by atoms with Crippen molar-refractivity contribution in [3.63, 3.8) is 0 Å². The molecule has 1 fully saturated rings. The molecule has 1 saturated carbocycles. The smallest absolute Gasteiger partial charge is 0.224 e. The molecule has 1 atom stereocenters. The van der Waals surface area contributed by atoms with Crippen LogP contribution in [-0.4, -0.2) is 23.3 Å². The molecule has 2 amide bonds. The van der Waals surface area contributed by atoms with Crippen LogP contribution in [0.4, 0.5) is 4.39 Å². The van der Waals surface area contributed by atoms with Crippen molar-refractivity contribution in [2.45, 2.75) is 45.1 Å². The van der Waals surface area contributed by atoms with Crippen LogP contribution in [0.5, 0.6) is 0 Å². The van der Waals surface area contributed by atoms with E-state index in [1.54, 1.807) is 24.4 Å². The molecule has 0 saturated heterocycles. The molecule has 1 aliphatic carbocycles. The van der Waals surface area contributed by atoms with Crippen molar-refractivity contribution in [2.24, 2.45) is 11.8 Å². The van der Waals surface area contributed by atoms with E-state index in [0.29, 0.717) is 23.9 Å². The van der Waals surface area contributed by atoms with Gasteiger partial charge in [-0.25, -0.2) is 4.39 Å². The number of amides is 2. The fraction of sp³-hybridized carbons (Fsp3) is 0.435. The number of pyridine rings is 1. The standard InChI is InChI=1S/C23H28FN3O2/c1-16(28)27-23(21-8-4-5-13-25-21)18-11-9-17(10-12-18)15-26-22(29)14-19-6-2-3-7-20(19)24/h2-8,13,17-18,23H,9-12,14-15H2,1H3,(H,26,29)(H,27,28). The second-order valence-electron chi connectivity index (χ2n) is 7.79. The third-order valence-corrected chi connectivity index (χ3v) is 5.62. The minimum absolute atomic E-state index is 0.0526. The quantitative estimate of drug-likeness (QED) is 0.750. The van der Waals surface area contributed by atoms with Gasteiger partial charge >= 0.3 is 0 Å². The normalized spacial score (nSPS) is 19.9. The van der Waals surface area contributed by atoms with Crippen molar-refractivity contribution >= 4 is 11.8 Å². The Labute approximate surface area is 171 Å². The van der Waals surface area contributed by atoms with Crippen molar-refractivity contribution in [3.05, 3.63) is 65.7 Å². The van der Waals surface area contributed by atoms with Crippen LogP contribution in [0.1, 0.15) is 49.9 Å². The predicted molar refractivity (Wildman–Crippen MR) is 109 cm³/mol. The third-order valence-electron chi connectivity index (χ3n) is 5.62. The van der Waals surface area contributed by atoms with E-state index in [4.69, 9.17) is 0 Å². The molecule has 1 heterocycles. The van der Waals surface area contributed by atoms with Crippen molar-refractivity contribution in [3.8, 4) is 0 Å². The number of halogens is 1. The summed E-state index contributed by atoms with van der Waals surface area (Å²) in [5, 5.41) is 6.01. The number of nitrogens with one attached hydrogen (secondary N) is 2. The van der Waals surface area contributed by atoms with Crippen molar-refractivity contribution in [1.82, 2.24) is 15.6 Å². The van der Waals surface area contributed by atoms with Crippen LogP contribution in [0.15, 0.2) is 48.7 Å². The number of hydrogen-bond acceptors (Lipinski definition) is 3. The number of carbonyl (C=O) groups is 2. The lowest BCUT2D eigenvalue weighted by Gasteiger charge is -2.34. The van der Waals surface area contributed by atoms with Crippen LogP contribution in [0.3, 0.4) is 0 Å². The van der Waals surface area contributed by atoms with Gasteiger partial charge in [0.05, 0.1) is 18.2 Å². The van der Waals surface area contributed by atoms with E-state index in [-0.39, 0.29) is 30.1 Å². The molecule has 3 rings (SSSR count). The zero-order valence-electron chi connectivity index (χ0n) is 16.7. The molecule has 1 unspecified atom stereocenters. The van der Waals surface area contributed by atoms with E-state index in [2.05, 4.69) is 15.6 Å². The van der Waals surface area contributed by atoms with Gasteiger partial charge in [-0.1, -0.05) is 24.3 Å². The first-order chi connectivity index (χ1) is 14.0. The molecule has 1 aliphatic rings. The number of benzene rings is 1. The summed E-state index contributed by atoms with van der Waals surface area (Å²) in [6.07, 6.45) is 5.71. The first kappa shape index (κ1) is 21.0. The number of carbonyl (C=O) groups excluding carboxylic acids is 2. The van der Waals surface area contributed by atoms with E-state index in [9.17, 15) is 14.0 Å². The van der Waals surface area contributed by atoms with Gasteiger partial charge in [-0.2, -0.15) is 0 Å². The van der Waals surface area contributed by atoms with Crippen LogP contribution < -0.4 is 10.6 Å². The summed E-state index contributed by atoms with van der Waals surface area (Å²) in [6.45, 7) is 2.14. The van der Waals surface area contributed by atoms with Crippen LogP contribution in [0, 0.1) is 17.7 Å². The lowest BCUT2D eigenvalue weighted by Crippen LogP contribution is -2.37. The van der Waals surface area contributed by atoms with Gasteiger partial charge in [-0.3, -0.25) is 14.6 Å². The zero-order chi connectivity index (χ0) is 20.6. The van der Waals surface area contributed by atoms with Gasteiger partial charge in [-0.15, -0.1) is 0 Å². The van der Waals surface area contributed by atoms with Crippen molar-refractivity contribution < 1.29 is 14.0 Å². The molecule has 5 nitrogen and oxygen atoms in total. The molecular weight excluding hydrogens is 369 g/mol. The molecule has 29 heavy (non-hydrogen) atoms. The van der Waals surface area contributed by atoms with Gasteiger partial charge in [0.2, 0.25) is 11.8 Å². The van der Waals surface area contributed by atoms with Crippen LogP contribution >= 0.6 is 0 Å². The van der Waals surface area contributed by atoms with Gasteiger partial charge in [0.15, 0.2) is 0 Å². The van der Waals surface area contributed by atoms with Gasteiger partial charge in [0.25, 0.3) is 0 Å². The van der Waals surface area contributed by atoms with E-state index in [1.807, 2.05) is 18.2 Å². The Bertz CT molecular complexity index is 820. The number of nitrogens with zero attached hydrogens (tertiary/aromatic N) is 1. The van der Waals surface area contributed by atoms with E-state index in [1.165, 1.54) is 13.0 Å². The Morgan fingerprint density at radius 1 is 1.10 bits per heavy atom. The van der Waals surface area contributed by atoms with Crippen LogP contribution in [0.25, 0.3) is 0 Å². The maximum absolute atomic E-state index is 13.7. The number of aromatic nitrogens is 1. The highest BCUT2D eigenvalue weighted by atomic mass is 19.1. The highest BCUT2D eigenvalue weighted by Crippen LogP contribution is 2.36. The lowest BCUT2D eigenvalue weighted by atomic mass is 9.77. The average molecular weight is 397 g/mol. The van der Waals surface area contributed by atoms with Gasteiger partial charge in [0.1, 0.15) is 5.82 Å². The largest absolute Gasteiger partial charge is 0.356 e. The Morgan fingerprint density at radius 2 is 1.83 bits per heavy atom. The molecular formula is C23H28FN3O2. The molecule has 1 aromatic carbocycles. The minimum Gasteiger partial charge on any atom is -0.356 e. The Balaban J connectivity index is 1.48. The Kier molecular flexibility index (Phi) is 7.33. The highest BCUT2D eigenvalue weighted by Gasteiger charge is 2.30. The maximum Gasteiger partial charge on any atom is 0.224 e. The topological polar surface area (TPSA) is 71.1 Å². The SMILES string of the molecule is CC(=O)NC(c1ccccn1)C1CCC(CNC(=O)Cc2ccccc2F)CC1. The fourth-order valence-electron chi connectivity index (χ4n) is 4.07. The van der Waals surface area contributed by atoms with Gasteiger partial charge in [0, 0.05) is 19.7 Å². The zero-order valence-corrected chi connectivity index (χ0v) is 16.7. The molecule has 1 aromatic heterocycles. The van der Waals surface area contributed by atoms with E-state index >= 15 is 0 Å². The third kappa shape index (κ3) is 6.11. The molecule has 0 bridgehead atoms. The molecule has 2 aromatic rings. The molecule has 6 heteroatoms. The van der Waals surface area contributed by atoms with Gasteiger partial charge < -0.3 is 10.6 Å². The monoisotopic (exact) mass is 397 g/mol. The van der Waals surface area contributed by atoms with E-state index in [0.717, 1.165) is 31.4 Å². The molecule has 0 radical (unpaired) electrons. The summed E-state index contributed by atoms with van der Waals surface area (Å²) in [5.41, 5.74) is 1.31.